The van der Waals surface area contributed by atoms with Gasteiger partial charge in [-0.3, -0.25) is 0 Å². The first kappa shape index (κ1) is 14.4. The summed E-state index contributed by atoms with van der Waals surface area (Å²) in [6, 6.07) is 2.65. The minimum atomic E-state index is 0.384. The number of nitrogens with zero attached hydrogens (tertiary/aromatic N) is 3. The summed E-state index contributed by atoms with van der Waals surface area (Å²) in [6.45, 7) is 2.31. The maximum Gasteiger partial charge on any atom is 0.134 e. The number of rotatable bonds is 3. The highest BCUT2D eigenvalue weighted by Crippen LogP contribution is 2.41. The van der Waals surface area contributed by atoms with Gasteiger partial charge >= 0.3 is 0 Å². The molecule has 0 amide bonds. The fourth-order valence-corrected chi connectivity index (χ4v) is 3.75. The van der Waals surface area contributed by atoms with Crippen LogP contribution < -0.4 is 10.6 Å². The topological polar surface area (TPSA) is 55.0 Å². The van der Waals surface area contributed by atoms with Crippen LogP contribution in [0.25, 0.3) is 0 Å². The highest BCUT2D eigenvalue weighted by Gasteiger charge is 2.32. The third-order valence-electron chi connectivity index (χ3n) is 5.47. The van der Waals surface area contributed by atoms with Crippen molar-refractivity contribution in [3.05, 3.63) is 17.6 Å². The van der Waals surface area contributed by atoms with Crippen LogP contribution in [-0.4, -0.2) is 29.1 Å². The third kappa shape index (κ3) is 3.12. The van der Waals surface area contributed by atoms with Crippen LogP contribution in [0.15, 0.2) is 6.07 Å². The minimum Gasteiger partial charge on any atom is -0.357 e. The van der Waals surface area contributed by atoms with Gasteiger partial charge in [0.25, 0.3) is 0 Å². The van der Waals surface area contributed by atoms with E-state index in [4.69, 9.17) is 15.7 Å². The number of anilines is 1. The van der Waals surface area contributed by atoms with Crippen molar-refractivity contribution in [3.8, 4) is 0 Å². The lowest BCUT2D eigenvalue weighted by atomic mass is 9.78. The minimum absolute atomic E-state index is 0.384. The van der Waals surface area contributed by atoms with Crippen LogP contribution in [0.5, 0.6) is 0 Å². The zero-order valence-corrected chi connectivity index (χ0v) is 13.5. The number of nitrogens with two attached hydrogens (primary N) is 1. The van der Waals surface area contributed by atoms with Gasteiger partial charge in [-0.15, -0.1) is 0 Å². The Kier molecular flexibility index (Phi) is 4.03. The molecule has 0 unspecified atom stereocenters. The van der Waals surface area contributed by atoms with E-state index in [1.165, 1.54) is 56.5 Å². The van der Waals surface area contributed by atoms with Crippen molar-refractivity contribution in [1.82, 2.24) is 9.97 Å². The molecule has 4 heteroatoms. The molecule has 1 aliphatic heterocycles. The predicted molar refractivity (Wildman–Crippen MR) is 89.3 cm³/mol. The van der Waals surface area contributed by atoms with E-state index in [2.05, 4.69) is 11.0 Å². The van der Waals surface area contributed by atoms with Gasteiger partial charge in [0.15, 0.2) is 0 Å². The second-order valence-corrected chi connectivity index (χ2v) is 7.47. The Bertz CT molecular complexity index is 512. The fraction of sp³-hybridized carbons (Fsp3) is 0.778. The highest BCUT2D eigenvalue weighted by molar-refractivity contribution is 5.42. The molecule has 0 atom stereocenters. The number of aromatic nitrogens is 2. The average molecular weight is 300 g/mol. The van der Waals surface area contributed by atoms with Gasteiger partial charge in [0.05, 0.1) is 0 Å². The van der Waals surface area contributed by atoms with Crippen LogP contribution in [0, 0.1) is 0 Å². The summed E-state index contributed by atoms with van der Waals surface area (Å²) >= 11 is 0. The average Bonchev–Trinajstić information content (AvgIpc) is 3.27. The Morgan fingerprint density at radius 3 is 2.23 bits per heavy atom. The molecular weight excluding hydrogens is 272 g/mol. The summed E-state index contributed by atoms with van der Waals surface area (Å²) in [5.74, 6) is 3.50. The molecule has 1 saturated heterocycles. The molecule has 1 aromatic heterocycles. The molecule has 4 nitrogen and oxygen atoms in total. The molecule has 0 spiro atoms. The Morgan fingerprint density at radius 1 is 0.909 bits per heavy atom. The van der Waals surface area contributed by atoms with Gasteiger partial charge < -0.3 is 10.6 Å². The molecule has 3 aliphatic rings. The van der Waals surface area contributed by atoms with Crippen molar-refractivity contribution in [3.63, 3.8) is 0 Å². The van der Waals surface area contributed by atoms with E-state index in [0.29, 0.717) is 17.9 Å². The van der Waals surface area contributed by atoms with Crippen molar-refractivity contribution in [2.45, 2.75) is 75.7 Å². The molecule has 2 heterocycles. The summed E-state index contributed by atoms with van der Waals surface area (Å²) in [4.78, 5) is 12.3. The lowest BCUT2D eigenvalue weighted by Crippen LogP contribution is -2.35. The molecule has 0 bridgehead atoms. The standard InChI is InChI=1S/C18H28N4/c19-15-10-14(11-15)16-12-17(21-18(20-16)13-6-7-13)22-8-4-2-1-3-5-9-22/h12-15H,1-11,19H2. The summed E-state index contributed by atoms with van der Waals surface area (Å²) in [5.41, 5.74) is 7.24. The van der Waals surface area contributed by atoms with E-state index in [1.54, 1.807) is 0 Å². The SMILES string of the molecule is NC1CC(c2cc(N3CCCCCCC3)nc(C3CC3)n2)C1. The first-order valence-corrected chi connectivity index (χ1v) is 9.19. The molecule has 22 heavy (non-hydrogen) atoms. The Morgan fingerprint density at radius 2 is 1.59 bits per heavy atom. The Hall–Kier alpha value is -1.16. The van der Waals surface area contributed by atoms with Crippen molar-refractivity contribution < 1.29 is 0 Å². The quantitative estimate of drug-likeness (QED) is 0.930. The molecule has 2 saturated carbocycles. The van der Waals surface area contributed by atoms with Crippen LogP contribution in [0.2, 0.25) is 0 Å². The van der Waals surface area contributed by atoms with Gasteiger partial charge in [-0.05, 0) is 38.5 Å². The van der Waals surface area contributed by atoms with Crippen molar-refractivity contribution >= 4 is 5.82 Å². The fourth-order valence-electron chi connectivity index (χ4n) is 3.75. The van der Waals surface area contributed by atoms with Gasteiger partial charge in [-0.2, -0.15) is 0 Å². The molecule has 4 rings (SSSR count). The van der Waals surface area contributed by atoms with E-state index in [9.17, 15) is 0 Å². The van der Waals surface area contributed by atoms with Gasteiger partial charge in [0.1, 0.15) is 11.6 Å². The number of hydrogen-bond donors (Lipinski definition) is 1. The smallest absolute Gasteiger partial charge is 0.134 e. The van der Waals surface area contributed by atoms with E-state index in [0.717, 1.165) is 31.8 Å². The normalized spacial score (nSPS) is 29.6. The summed E-state index contributed by atoms with van der Waals surface area (Å²) < 4.78 is 0. The van der Waals surface area contributed by atoms with Crippen LogP contribution in [0.4, 0.5) is 5.82 Å². The largest absolute Gasteiger partial charge is 0.357 e. The predicted octanol–water partition coefficient (Wildman–Crippen LogP) is 3.33. The molecule has 1 aromatic rings. The lowest BCUT2D eigenvalue weighted by Gasteiger charge is -2.33. The summed E-state index contributed by atoms with van der Waals surface area (Å²) in [6.07, 6.45) is 11.5. The first-order chi connectivity index (χ1) is 10.8. The Labute approximate surface area is 133 Å². The van der Waals surface area contributed by atoms with E-state index < -0.39 is 0 Å². The molecule has 3 fully saturated rings. The van der Waals surface area contributed by atoms with Crippen LogP contribution in [0.1, 0.15) is 81.1 Å². The maximum atomic E-state index is 5.98. The molecular formula is C18H28N4. The second-order valence-electron chi connectivity index (χ2n) is 7.47. The van der Waals surface area contributed by atoms with Crippen molar-refractivity contribution in [1.29, 1.82) is 0 Å². The first-order valence-electron chi connectivity index (χ1n) is 9.19. The second kappa shape index (κ2) is 6.15. The van der Waals surface area contributed by atoms with Gasteiger partial charge in [0.2, 0.25) is 0 Å². The third-order valence-corrected chi connectivity index (χ3v) is 5.47. The Balaban J connectivity index is 1.59. The highest BCUT2D eigenvalue weighted by atomic mass is 15.2. The molecule has 120 valence electrons. The van der Waals surface area contributed by atoms with E-state index >= 15 is 0 Å². The zero-order chi connectivity index (χ0) is 14.9. The van der Waals surface area contributed by atoms with Crippen LogP contribution in [0.3, 0.4) is 0 Å². The van der Waals surface area contributed by atoms with Crippen LogP contribution in [-0.2, 0) is 0 Å². The zero-order valence-electron chi connectivity index (χ0n) is 13.5. The summed E-state index contributed by atoms with van der Waals surface area (Å²) in [5, 5.41) is 0. The summed E-state index contributed by atoms with van der Waals surface area (Å²) in [7, 11) is 0. The molecule has 2 aliphatic carbocycles. The van der Waals surface area contributed by atoms with Gasteiger partial charge in [-0.1, -0.05) is 19.3 Å². The monoisotopic (exact) mass is 300 g/mol. The van der Waals surface area contributed by atoms with E-state index in [-0.39, 0.29) is 0 Å². The van der Waals surface area contributed by atoms with E-state index in [1.807, 2.05) is 0 Å². The van der Waals surface area contributed by atoms with Gasteiger partial charge in [0, 0.05) is 42.7 Å². The van der Waals surface area contributed by atoms with Gasteiger partial charge in [-0.25, -0.2) is 9.97 Å². The molecule has 0 aromatic carbocycles. The lowest BCUT2D eigenvalue weighted by molar-refractivity contribution is 0.344. The molecule has 2 N–H and O–H groups in total. The van der Waals surface area contributed by atoms with Crippen molar-refractivity contribution in [2.75, 3.05) is 18.0 Å². The number of hydrogen-bond acceptors (Lipinski definition) is 4. The maximum absolute atomic E-state index is 5.98. The molecule has 0 radical (unpaired) electrons. The van der Waals surface area contributed by atoms with Crippen molar-refractivity contribution in [2.24, 2.45) is 5.73 Å². The van der Waals surface area contributed by atoms with Crippen LogP contribution >= 0.6 is 0 Å².